The molecule has 0 unspecified atom stereocenters. The third-order valence-corrected chi connectivity index (χ3v) is 4.44. The lowest BCUT2D eigenvalue weighted by atomic mass is 10.1. The summed E-state index contributed by atoms with van der Waals surface area (Å²) >= 11 is 0. The van der Waals surface area contributed by atoms with Gasteiger partial charge in [-0.25, -0.2) is 4.39 Å². The van der Waals surface area contributed by atoms with Crippen LogP contribution < -0.4 is 16.2 Å². The molecule has 0 aliphatic rings. The molecule has 3 aromatic carbocycles. The van der Waals surface area contributed by atoms with E-state index in [9.17, 15) is 24.1 Å². The van der Waals surface area contributed by atoms with Gasteiger partial charge in [-0.3, -0.25) is 30.6 Å². The number of non-ortho nitro benzene ring substituents is 1. The SMILES string of the molecule is C=C(NNC(=O)C(=Cc1ccc(F)cc1)NC(=O)c1ccccc1)c1cccc([N+](=O)[O-])c1. The van der Waals surface area contributed by atoms with E-state index in [1.165, 1.54) is 48.5 Å². The van der Waals surface area contributed by atoms with Crippen LogP contribution in [-0.4, -0.2) is 16.7 Å². The van der Waals surface area contributed by atoms with Crippen LogP contribution in [0.4, 0.5) is 10.1 Å². The molecule has 3 rings (SSSR count). The van der Waals surface area contributed by atoms with E-state index in [-0.39, 0.29) is 17.1 Å². The van der Waals surface area contributed by atoms with Gasteiger partial charge in [-0.1, -0.05) is 49.0 Å². The second-order valence-electron chi connectivity index (χ2n) is 6.79. The topological polar surface area (TPSA) is 113 Å². The van der Waals surface area contributed by atoms with Crippen molar-refractivity contribution >= 4 is 29.3 Å². The van der Waals surface area contributed by atoms with Gasteiger partial charge in [0.2, 0.25) is 0 Å². The van der Waals surface area contributed by atoms with Gasteiger partial charge in [0.25, 0.3) is 17.5 Å². The van der Waals surface area contributed by atoms with Crippen molar-refractivity contribution in [3.63, 3.8) is 0 Å². The molecule has 0 saturated heterocycles. The maximum Gasteiger partial charge on any atom is 0.286 e. The van der Waals surface area contributed by atoms with Crippen molar-refractivity contribution in [1.82, 2.24) is 16.2 Å². The first-order chi connectivity index (χ1) is 15.8. The number of amides is 2. The molecule has 33 heavy (non-hydrogen) atoms. The van der Waals surface area contributed by atoms with Crippen molar-refractivity contribution in [3.05, 3.63) is 124 Å². The van der Waals surface area contributed by atoms with Crippen molar-refractivity contribution in [2.75, 3.05) is 0 Å². The summed E-state index contributed by atoms with van der Waals surface area (Å²) in [5, 5.41) is 13.5. The monoisotopic (exact) mass is 446 g/mol. The van der Waals surface area contributed by atoms with E-state index in [0.717, 1.165) is 0 Å². The number of benzene rings is 3. The summed E-state index contributed by atoms with van der Waals surface area (Å²) in [6.45, 7) is 3.76. The van der Waals surface area contributed by atoms with E-state index >= 15 is 0 Å². The second kappa shape index (κ2) is 10.5. The minimum Gasteiger partial charge on any atom is -0.317 e. The van der Waals surface area contributed by atoms with Crippen molar-refractivity contribution < 1.29 is 18.9 Å². The number of hydrogen-bond acceptors (Lipinski definition) is 5. The summed E-state index contributed by atoms with van der Waals surface area (Å²) in [6.07, 6.45) is 1.38. The first-order valence-electron chi connectivity index (χ1n) is 9.67. The highest BCUT2D eigenvalue weighted by molar-refractivity contribution is 6.05. The Hall–Kier alpha value is -4.79. The molecule has 0 bridgehead atoms. The quantitative estimate of drug-likeness (QED) is 0.277. The van der Waals surface area contributed by atoms with Crippen LogP contribution in [0, 0.1) is 15.9 Å². The lowest BCUT2D eigenvalue weighted by Gasteiger charge is -2.14. The summed E-state index contributed by atoms with van der Waals surface area (Å²) in [5.41, 5.74) is 6.14. The van der Waals surface area contributed by atoms with Gasteiger partial charge in [0.1, 0.15) is 11.5 Å². The van der Waals surface area contributed by atoms with Gasteiger partial charge in [0.15, 0.2) is 0 Å². The fourth-order valence-corrected chi connectivity index (χ4v) is 2.75. The maximum atomic E-state index is 13.2. The number of carbonyl (C=O) groups excluding carboxylic acids is 2. The van der Waals surface area contributed by atoms with Gasteiger partial charge in [-0.2, -0.15) is 0 Å². The van der Waals surface area contributed by atoms with Gasteiger partial charge in [-0.15, -0.1) is 0 Å². The molecule has 0 saturated carbocycles. The molecule has 0 fully saturated rings. The Kier molecular flexibility index (Phi) is 7.28. The van der Waals surface area contributed by atoms with Crippen LogP contribution in [0.5, 0.6) is 0 Å². The number of nitro benzene ring substituents is 1. The van der Waals surface area contributed by atoms with Crippen molar-refractivity contribution in [1.29, 1.82) is 0 Å². The molecule has 3 aromatic rings. The normalized spacial score (nSPS) is 10.8. The van der Waals surface area contributed by atoms with Gasteiger partial charge >= 0.3 is 0 Å². The standard InChI is InChI=1S/C24H19FN4O4/c1-16(19-8-5-9-21(15-19)29(32)33)27-28-24(31)22(14-17-10-12-20(25)13-11-17)26-23(30)18-6-3-2-4-7-18/h2-15,27H,1H2,(H,26,30)(H,28,31). The first kappa shape index (κ1) is 22.9. The van der Waals surface area contributed by atoms with Crippen molar-refractivity contribution in [2.24, 2.45) is 0 Å². The van der Waals surface area contributed by atoms with Crippen LogP contribution in [0.15, 0.2) is 91.1 Å². The Bertz CT molecular complexity index is 1220. The molecule has 0 aliphatic carbocycles. The van der Waals surface area contributed by atoms with Crippen LogP contribution in [0.25, 0.3) is 11.8 Å². The maximum absolute atomic E-state index is 13.2. The fraction of sp³-hybridized carbons (Fsp3) is 0. The van der Waals surface area contributed by atoms with Crippen LogP contribution in [0.2, 0.25) is 0 Å². The van der Waals surface area contributed by atoms with Crippen LogP contribution in [-0.2, 0) is 4.79 Å². The average molecular weight is 446 g/mol. The van der Waals surface area contributed by atoms with E-state index < -0.39 is 22.6 Å². The van der Waals surface area contributed by atoms with Gasteiger partial charge in [-0.05, 0) is 35.9 Å². The molecule has 0 radical (unpaired) electrons. The molecule has 0 aromatic heterocycles. The highest BCUT2D eigenvalue weighted by Gasteiger charge is 2.15. The number of nitro groups is 1. The predicted octanol–water partition coefficient (Wildman–Crippen LogP) is 3.80. The molecule has 166 valence electrons. The molecule has 3 N–H and O–H groups in total. The Morgan fingerprint density at radius 2 is 1.58 bits per heavy atom. The number of carbonyl (C=O) groups is 2. The lowest BCUT2D eigenvalue weighted by molar-refractivity contribution is -0.384. The highest BCUT2D eigenvalue weighted by atomic mass is 19.1. The molecule has 0 spiro atoms. The molecule has 8 nitrogen and oxygen atoms in total. The van der Waals surface area contributed by atoms with Crippen LogP contribution >= 0.6 is 0 Å². The minimum absolute atomic E-state index is 0.116. The van der Waals surface area contributed by atoms with E-state index in [1.54, 1.807) is 36.4 Å². The average Bonchev–Trinajstić information content (AvgIpc) is 2.83. The zero-order valence-electron chi connectivity index (χ0n) is 17.2. The largest absolute Gasteiger partial charge is 0.317 e. The van der Waals surface area contributed by atoms with E-state index in [4.69, 9.17) is 0 Å². The Morgan fingerprint density at radius 1 is 0.909 bits per heavy atom. The molecule has 0 heterocycles. The Balaban J connectivity index is 1.77. The zero-order chi connectivity index (χ0) is 23.8. The van der Waals surface area contributed by atoms with Crippen LogP contribution in [0.1, 0.15) is 21.5 Å². The van der Waals surface area contributed by atoms with E-state index in [2.05, 4.69) is 22.7 Å². The Labute approximate surface area is 188 Å². The fourth-order valence-electron chi connectivity index (χ4n) is 2.75. The number of nitrogens with one attached hydrogen (secondary N) is 3. The third kappa shape index (κ3) is 6.34. The number of hydrogen-bond donors (Lipinski definition) is 3. The van der Waals surface area contributed by atoms with Gasteiger partial charge < -0.3 is 5.32 Å². The van der Waals surface area contributed by atoms with E-state index in [1.807, 2.05) is 0 Å². The molecule has 0 aliphatic heterocycles. The second-order valence-corrected chi connectivity index (χ2v) is 6.79. The predicted molar refractivity (Wildman–Crippen MR) is 122 cm³/mol. The summed E-state index contributed by atoms with van der Waals surface area (Å²) in [6, 6.07) is 19.4. The molecular weight excluding hydrogens is 427 g/mol. The summed E-state index contributed by atoms with van der Waals surface area (Å²) in [7, 11) is 0. The first-order valence-corrected chi connectivity index (χ1v) is 9.67. The molecule has 2 amide bonds. The van der Waals surface area contributed by atoms with Gasteiger partial charge in [0.05, 0.1) is 10.6 Å². The molecule has 9 heteroatoms. The summed E-state index contributed by atoms with van der Waals surface area (Å²) in [5.74, 6) is -1.67. The minimum atomic E-state index is -0.713. The number of rotatable bonds is 8. The lowest BCUT2D eigenvalue weighted by Crippen LogP contribution is -2.41. The number of hydrazine groups is 1. The Morgan fingerprint density at radius 3 is 2.24 bits per heavy atom. The molecular formula is C24H19FN4O4. The van der Waals surface area contributed by atoms with Gasteiger partial charge in [0, 0.05) is 23.3 Å². The smallest absolute Gasteiger partial charge is 0.286 e. The zero-order valence-corrected chi connectivity index (χ0v) is 17.2. The number of halogens is 1. The number of nitrogens with zero attached hydrogens (tertiary/aromatic N) is 1. The summed E-state index contributed by atoms with van der Waals surface area (Å²) < 4.78 is 13.2. The molecule has 0 atom stereocenters. The summed E-state index contributed by atoms with van der Waals surface area (Å²) in [4.78, 5) is 35.8. The van der Waals surface area contributed by atoms with Crippen molar-refractivity contribution in [2.45, 2.75) is 0 Å². The highest BCUT2D eigenvalue weighted by Crippen LogP contribution is 2.17. The third-order valence-electron chi connectivity index (χ3n) is 4.44. The van der Waals surface area contributed by atoms with E-state index in [0.29, 0.717) is 16.7 Å². The van der Waals surface area contributed by atoms with Crippen LogP contribution in [0.3, 0.4) is 0 Å². The van der Waals surface area contributed by atoms with Crippen molar-refractivity contribution in [3.8, 4) is 0 Å².